The van der Waals surface area contributed by atoms with Gasteiger partial charge in [0.1, 0.15) is 5.15 Å². The van der Waals surface area contributed by atoms with E-state index in [0.29, 0.717) is 11.7 Å². The first kappa shape index (κ1) is 15.1. The number of amides is 1. The molecule has 0 atom stereocenters. The zero-order chi connectivity index (χ0) is 15.4. The highest BCUT2D eigenvalue weighted by molar-refractivity contribution is 8.14. The first-order valence-electron chi connectivity index (χ1n) is 6.81. The number of amidine groups is 1. The van der Waals surface area contributed by atoms with Crippen LogP contribution in [0.1, 0.15) is 11.1 Å². The number of halogens is 1. The SMILES string of the molecule is O=C(Cc1ccoc1)N=C1SCCN1Cc1ccc(Cl)nc1. The maximum atomic E-state index is 12.0. The van der Waals surface area contributed by atoms with Gasteiger partial charge in [0.15, 0.2) is 5.17 Å². The van der Waals surface area contributed by atoms with E-state index in [1.165, 1.54) is 0 Å². The van der Waals surface area contributed by atoms with Gasteiger partial charge in [-0.3, -0.25) is 4.79 Å². The molecule has 5 nitrogen and oxygen atoms in total. The molecule has 1 aliphatic heterocycles. The van der Waals surface area contributed by atoms with Gasteiger partial charge in [-0.1, -0.05) is 29.4 Å². The molecule has 1 aliphatic rings. The number of thioether (sulfide) groups is 1. The number of hydrogen-bond acceptors (Lipinski definition) is 4. The van der Waals surface area contributed by atoms with Crippen LogP contribution >= 0.6 is 23.4 Å². The molecule has 0 N–H and O–H groups in total. The molecule has 2 aromatic heterocycles. The average Bonchev–Trinajstić information content (AvgIpc) is 3.14. The minimum absolute atomic E-state index is 0.162. The Bertz CT molecular complexity index is 671. The topological polar surface area (TPSA) is 58.7 Å². The maximum Gasteiger partial charge on any atom is 0.252 e. The molecule has 2 aromatic rings. The van der Waals surface area contributed by atoms with Crippen LogP contribution in [0.15, 0.2) is 46.3 Å². The molecule has 3 rings (SSSR count). The van der Waals surface area contributed by atoms with Crippen molar-refractivity contribution >= 4 is 34.4 Å². The van der Waals surface area contributed by atoms with Gasteiger partial charge in [-0.05, 0) is 23.3 Å². The fraction of sp³-hybridized carbons (Fsp3) is 0.267. The molecule has 1 saturated heterocycles. The van der Waals surface area contributed by atoms with Crippen LogP contribution in [0.25, 0.3) is 0 Å². The molecule has 22 heavy (non-hydrogen) atoms. The van der Waals surface area contributed by atoms with Gasteiger partial charge in [0.2, 0.25) is 0 Å². The predicted molar refractivity (Wildman–Crippen MR) is 87.0 cm³/mol. The normalized spacial score (nSPS) is 16.4. The smallest absolute Gasteiger partial charge is 0.252 e. The van der Waals surface area contributed by atoms with Crippen molar-refractivity contribution in [1.29, 1.82) is 0 Å². The number of aromatic nitrogens is 1. The minimum Gasteiger partial charge on any atom is -0.472 e. The van der Waals surface area contributed by atoms with Crippen molar-refractivity contribution in [2.24, 2.45) is 4.99 Å². The molecular formula is C15H14ClN3O2S. The first-order chi connectivity index (χ1) is 10.7. The summed E-state index contributed by atoms with van der Waals surface area (Å²) in [5.74, 6) is 0.767. The van der Waals surface area contributed by atoms with Crippen LogP contribution < -0.4 is 0 Å². The molecule has 0 unspecified atom stereocenters. The summed E-state index contributed by atoms with van der Waals surface area (Å²) < 4.78 is 4.96. The van der Waals surface area contributed by atoms with E-state index in [1.807, 2.05) is 6.07 Å². The van der Waals surface area contributed by atoms with E-state index < -0.39 is 0 Å². The Morgan fingerprint density at radius 2 is 2.32 bits per heavy atom. The molecule has 7 heteroatoms. The second kappa shape index (κ2) is 6.98. The van der Waals surface area contributed by atoms with E-state index in [-0.39, 0.29) is 12.3 Å². The summed E-state index contributed by atoms with van der Waals surface area (Å²) in [7, 11) is 0. The van der Waals surface area contributed by atoms with Crippen LogP contribution in [0.3, 0.4) is 0 Å². The Balaban J connectivity index is 1.65. The van der Waals surface area contributed by atoms with Gasteiger partial charge in [0.05, 0.1) is 18.9 Å². The van der Waals surface area contributed by atoms with E-state index in [9.17, 15) is 4.79 Å². The first-order valence-corrected chi connectivity index (χ1v) is 8.18. The van der Waals surface area contributed by atoms with E-state index in [0.717, 1.165) is 28.6 Å². The van der Waals surface area contributed by atoms with Crippen LogP contribution in [-0.4, -0.2) is 33.3 Å². The third-order valence-electron chi connectivity index (χ3n) is 3.18. The fourth-order valence-corrected chi connectivity index (χ4v) is 3.23. The molecule has 0 aromatic carbocycles. The molecule has 114 valence electrons. The van der Waals surface area contributed by atoms with Crippen molar-refractivity contribution in [2.75, 3.05) is 12.3 Å². The van der Waals surface area contributed by atoms with Crippen molar-refractivity contribution < 1.29 is 9.21 Å². The quantitative estimate of drug-likeness (QED) is 0.804. The number of nitrogens with zero attached hydrogens (tertiary/aromatic N) is 3. The highest BCUT2D eigenvalue weighted by Gasteiger charge is 2.21. The molecule has 0 radical (unpaired) electrons. The lowest BCUT2D eigenvalue weighted by Gasteiger charge is -2.17. The van der Waals surface area contributed by atoms with Crippen molar-refractivity contribution in [1.82, 2.24) is 9.88 Å². The second-order valence-corrected chi connectivity index (χ2v) is 6.30. The number of rotatable bonds is 4. The van der Waals surface area contributed by atoms with E-state index in [1.54, 1.807) is 42.6 Å². The number of carbonyl (C=O) groups is 1. The monoisotopic (exact) mass is 335 g/mol. The number of hydrogen-bond donors (Lipinski definition) is 0. The summed E-state index contributed by atoms with van der Waals surface area (Å²) in [4.78, 5) is 22.4. The lowest BCUT2D eigenvalue weighted by atomic mass is 10.2. The summed E-state index contributed by atoms with van der Waals surface area (Å²) in [6, 6.07) is 5.47. The molecule has 1 fully saturated rings. The zero-order valence-electron chi connectivity index (χ0n) is 11.7. The largest absolute Gasteiger partial charge is 0.472 e. The molecular weight excluding hydrogens is 322 g/mol. The Kier molecular flexibility index (Phi) is 4.80. The number of aliphatic imine (C=N–C) groups is 1. The Hall–Kier alpha value is -1.79. The molecule has 1 amide bonds. The van der Waals surface area contributed by atoms with E-state index >= 15 is 0 Å². The van der Waals surface area contributed by atoms with Gasteiger partial charge in [0.25, 0.3) is 5.91 Å². The molecule has 0 saturated carbocycles. The summed E-state index contributed by atoms with van der Waals surface area (Å²) in [6.45, 7) is 1.54. The summed E-state index contributed by atoms with van der Waals surface area (Å²) >= 11 is 7.39. The van der Waals surface area contributed by atoms with Crippen molar-refractivity contribution in [3.05, 3.63) is 53.2 Å². The number of furan rings is 1. The van der Waals surface area contributed by atoms with Gasteiger partial charge in [-0.15, -0.1) is 0 Å². The fourth-order valence-electron chi connectivity index (χ4n) is 2.12. The van der Waals surface area contributed by atoms with Crippen LogP contribution in [0, 0.1) is 0 Å². The Labute approximate surface area is 137 Å². The summed E-state index contributed by atoms with van der Waals surface area (Å²) in [6.07, 6.45) is 5.13. The highest BCUT2D eigenvalue weighted by Crippen LogP contribution is 2.21. The van der Waals surface area contributed by atoms with Gasteiger partial charge in [-0.2, -0.15) is 4.99 Å². The number of pyridine rings is 1. The van der Waals surface area contributed by atoms with Gasteiger partial charge in [0, 0.05) is 25.0 Å². The molecule has 0 spiro atoms. The molecule has 3 heterocycles. The third kappa shape index (κ3) is 3.90. The molecule has 0 bridgehead atoms. The maximum absolute atomic E-state index is 12.0. The van der Waals surface area contributed by atoms with Crippen LogP contribution in [-0.2, 0) is 17.8 Å². The van der Waals surface area contributed by atoms with E-state index in [4.69, 9.17) is 16.0 Å². The van der Waals surface area contributed by atoms with Crippen LogP contribution in [0.5, 0.6) is 0 Å². The highest BCUT2D eigenvalue weighted by atomic mass is 35.5. The summed E-state index contributed by atoms with van der Waals surface area (Å²) in [5.41, 5.74) is 1.88. The molecule has 0 aliphatic carbocycles. The number of carbonyl (C=O) groups excluding carboxylic acids is 1. The van der Waals surface area contributed by atoms with E-state index in [2.05, 4.69) is 14.9 Å². The van der Waals surface area contributed by atoms with Gasteiger partial charge < -0.3 is 9.32 Å². The third-order valence-corrected chi connectivity index (χ3v) is 4.40. The Morgan fingerprint density at radius 3 is 3.05 bits per heavy atom. The summed E-state index contributed by atoms with van der Waals surface area (Å²) in [5, 5.41) is 1.24. The van der Waals surface area contributed by atoms with Crippen LogP contribution in [0.4, 0.5) is 0 Å². The minimum atomic E-state index is -0.162. The Morgan fingerprint density at radius 1 is 1.41 bits per heavy atom. The lowest BCUT2D eigenvalue weighted by molar-refractivity contribution is -0.117. The van der Waals surface area contributed by atoms with Crippen molar-refractivity contribution in [3.8, 4) is 0 Å². The van der Waals surface area contributed by atoms with Crippen LogP contribution in [0.2, 0.25) is 5.15 Å². The second-order valence-electron chi connectivity index (χ2n) is 4.86. The van der Waals surface area contributed by atoms with Gasteiger partial charge in [-0.25, -0.2) is 4.98 Å². The van der Waals surface area contributed by atoms with Crippen molar-refractivity contribution in [2.45, 2.75) is 13.0 Å². The lowest BCUT2D eigenvalue weighted by Crippen LogP contribution is -2.25. The van der Waals surface area contributed by atoms with Crippen molar-refractivity contribution in [3.63, 3.8) is 0 Å². The average molecular weight is 336 g/mol. The zero-order valence-corrected chi connectivity index (χ0v) is 13.3. The standard InChI is InChI=1S/C15H14ClN3O2S/c16-13-2-1-12(8-17-13)9-19-4-6-22-15(19)18-14(20)7-11-3-5-21-10-11/h1-3,5,8,10H,4,6-7,9H2. The predicted octanol–water partition coefficient (Wildman–Crippen LogP) is 3.00. The van der Waals surface area contributed by atoms with Gasteiger partial charge >= 0.3 is 0 Å².